The second-order valence-electron chi connectivity index (χ2n) is 25.6. The molecule has 0 fully saturated rings. The number of hydrogen-bond acceptors (Lipinski definition) is 15. The zero-order valence-electron chi connectivity index (χ0n) is 60.8. The monoisotopic (exact) mass is 1400 g/mol. The fraction of sp³-hybridized carbons (Fsp3) is 0.792. The van der Waals surface area contributed by atoms with Gasteiger partial charge < -0.3 is 33.8 Å². The topological polar surface area (TPSA) is 237 Å². The van der Waals surface area contributed by atoms with Gasteiger partial charge in [0, 0.05) is 25.7 Å². The fourth-order valence-corrected chi connectivity index (χ4v) is 11.9. The molecule has 0 aliphatic rings. The predicted octanol–water partition coefficient (Wildman–Crippen LogP) is 21.7. The number of aliphatic hydroxyl groups is 1. The molecule has 558 valence electrons. The van der Waals surface area contributed by atoms with Gasteiger partial charge in [-0.15, -0.1) is 0 Å². The summed E-state index contributed by atoms with van der Waals surface area (Å²) < 4.78 is 68.4. The summed E-state index contributed by atoms with van der Waals surface area (Å²) in [5.74, 6) is -2.18. The van der Waals surface area contributed by atoms with Crippen molar-refractivity contribution in [1.82, 2.24) is 0 Å². The molecule has 0 aliphatic heterocycles. The van der Waals surface area contributed by atoms with Crippen LogP contribution in [-0.2, 0) is 65.4 Å². The van der Waals surface area contributed by atoms with Crippen molar-refractivity contribution in [1.29, 1.82) is 0 Å². The summed E-state index contributed by atoms with van der Waals surface area (Å²) >= 11 is 0. The molecule has 0 aromatic carbocycles. The molecule has 3 N–H and O–H groups in total. The Balaban J connectivity index is 5.29. The lowest BCUT2D eigenvalue weighted by Gasteiger charge is -2.21. The van der Waals surface area contributed by atoms with Crippen LogP contribution in [0.2, 0.25) is 0 Å². The molecule has 19 heteroatoms. The standard InChI is InChI=1S/C77H138O17P2/c1-5-9-13-17-21-25-29-32-33-34-35-36-37-40-43-46-50-54-58-62-75(80)88-68-73(94-77(82)64-60-56-52-48-44-39-31-27-23-19-15-11-7-3)70-92-96(85,86)90-66-71(78)65-89-95(83,84)91-69-72(93-76(81)63-59-55-51-47-41-28-24-20-16-12-8-4)67-87-74(79)61-57-53-49-45-42-38-30-26-22-18-14-10-6-2/h9,13-14,18,21,25-26,30,32-33,35-36,71-73,78H,5-8,10-12,15-17,19-20,22-24,27-29,31,34,37-70H2,1-4H3,(H,83,84)(H,85,86)/b13-9-,18-14-,25-21-,30-26-,33-32-,36-35-. The number of carbonyl (C=O) groups excluding carboxylic acids is 4. The molecule has 0 radical (unpaired) electrons. The molecule has 0 bridgehead atoms. The minimum atomic E-state index is -4.97. The summed E-state index contributed by atoms with van der Waals surface area (Å²) in [5, 5.41) is 10.6. The summed E-state index contributed by atoms with van der Waals surface area (Å²) in [4.78, 5) is 72.8. The summed E-state index contributed by atoms with van der Waals surface area (Å²) in [6, 6.07) is 0. The van der Waals surface area contributed by atoms with Crippen molar-refractivity contribution in [2.75, 3.05) is 39.6 Å². The van der Waals surface area contributed by atoms with Crippen molar-refractivity contribution in [3.05, 3.63) is 72.9 Å². The lowest BCUT2D eigenvalue weighted by Crippen LogP contribution is -2.30. The van der Waals surface area contributed by atoms with Gasteiger partial charge in [0.1, 0.15) is 19.3 Å². The predicted molar refractivity (Wildman–Crippen MR) is 390 cm³/mol. The third-order valence-electron chi connectivity index (χ3n) is 16.2. The van der Waals surface area contributed by atoms with Gasteiger partial charge >= 0.3 is 39.5 Å². The van der Waals surface area contributed by atoms with E-state index < -0.39 is 97.5 Å². The number of ether oxygens (including phenoxy) is 4. The van der Waals surface area contributed by atoms with Crippen LogP contribution in [0.15, 0.2) is 72.9 Å². The minimum absolute atomic E-state index is 0.0967. The first-order chi connectivity index (χ1) is 46.7. The molecule has 0 aromatic heterocycles. The number of esters is 4. The summed E-state index contributed by atoms with van der Waals surface area (Å²) in [7, 11) is -9.93. The third-order valence-corrected chi connectivity index (χ3v) is 18.1. The average molecular weight is 1400 g/mol. The van der Waals surface area contributed by atoms with Crippen molar-refractivity contribution in [2.45, 2.75) is 354 Å². The largest absolute Gasteiger partial charge is 0.472 e. The van der Waals surface area contributed by atoms with Crippen LogP contribution in [0, 0.1) is 0 Å². The molecule has 0 rings (SSSR count). The van der Waals surface area contributed by atoms with Gasteiger partial charge in [0.25, 0.3) is 0 Å². The summed E-state index contributed by atoms with van der Waals surface area (Å²) in [6.45, 7) is 4.70. The number of rotatable bonds is 72. The van der Waals surface area contributed by atoms with E-state index in [1.165, 1.54) is 89.9 Å². The van der Waals surface area contributed by atoms with Crippen LogP contribution in [0.3, 0.4) is 0 Å². The number of aliphatic hydroxyl groups excluding tert-OH is 1. The molecule has 96 heavy (non-hydrogen) atoms. The van der Waals surface area contributed by atoms with E-state index in [1.54, 1.807) is 0 Å². The first kappa shape index (κ1) is 92.5. The first-order valence-electron chi connectivity index (χ1n) is 38.2. The number of carbonyl (C=O) groups is 4. The Morgan fingerprint density at radius 1 is 0.302 bits per heavy atom. The Hall–Kier alpha value is -3.50. The fourth-order valence-electron chi connectivity index (χ4n) is 10.4. The van der Waals surface area contributed by atoms with Gasteiger partial charge in [-0.05, 0) is 89.9 Å². The molecule has 0 aliphatic carbocycles. The van der Waals surface area contributed by atoms with Gasteiger partial charge in [0.05, 0.1) is 26.4 Å². The van der Waals surface area contributed by atoms with Gasteiger partial charge in [0.2, 0.25) is 0 Å². The number of phosphoric ester groups is 2. The highest BCUT2D eigenvalue weighted by Gasteiger charge is 2.30. The highest BCUT2D eigenvalue weighted by molar-refractivity contribution is 7.47. The van der Waals surface area contributed by atoms with Gasteiger partial charge in [-0.25, -0.2) is 9.13 Å². The highest BCUT2D eigenvalue weighted by Crippen LogP contribution is 2.45. The van der Waals surface area contributed by atoms with Crippen LogP contribution in [0.4, 0.5) is 0 Å². The van der Waals surface area contributed by atoms with Crippen LogP contribution in [-0.4, -0.2) is 96.7 Å². The quantitative estimate of drug-likeness (QED) is 0.0169. The SMILES string of the molecule is CC/C=C\C/C=C\C/C=C\C/C=C\CCCCCCCCC(=O)OCC(COP(=O)(O)OCC(O)COP(=O)(O)OCC(COC(=O)CCCCCCC/C=C\C/C=C\CCC)OC(=O)CCCCCCCCCCCCC)OC(=O)CCCCCCCCCCCCCCC. The lowest BCUT2D eigenvalue weighted by atomic mass is 10.0. The molecule has 0 spiro atoms. The van der Waals surface area contributed by atoms with E-state index in [1.807, 2.05) is 0 Å². The van der Waals surface area contributed by atoms with Crippen LogP contribution in [0.1, 0.15) is 336 Å². The second kappa shape index (κ2) is 70.0. The first-order valence-corrected chi connectivity index (χ1v) is 41.2. The van der Waals surface area contributed by atoms with E-state index in [0.717, 1.165) is 167 Å². The van der Waals surface area contributed by atoms with Gasteiger partial charge in [-0.1, -0.05) is 293 Å². The number of hydrogen-bond donors (Lipinski definition) is 3. The number of unbranched alkanes of at least 4 members (excludes halogenated alkanes) is 34. The Morgan fingerprint density at radius 2 is 0.562 bits per heavy atom. The molecule has 0 amide bonds. The van der Waals surface area contributed by atoms with E-state index in [2.05, 4.69) is 101 Å². The number of phosphoric acid groups is 2. The molecular weight excluding hydrogens is 1260 g/mol. The van der Waals surface area contributed by atoms with Crippen molar-refractivity contribution >= 4 is 39.5 Å². The highest BCUT2D eigenvalue weighted by atomic mass is 31.2. The minimum Gasteiger partial charge on any atom is -0.462 e. The van der Waals surface area contributed by atoms with Crippen LogP contribution in [0.5, 0.6) is 0 Å². The Morgan fingerprint density at radius 3 is 0.875 bits per heavy atom. The Bertz CT molecular complexity index is 2110. The zero-order valence-corrected chi connectivity index (χ0v) is 62.6. The third kappa shape index (κ3) is 69.0. The van der Waals surface area contributed by atoms with Crippen molar-refractivity contribution in [3.8, 4) is 0 Å². The van der Waals surface area contributed by atoms with Gasteiger partial charge in [-0.2, -0.15) is 0 Å². The lowest BCUT2D eigenvalue weighted by molar-refractivity contribution is -0.161. The van der Waals surface area contributed by atoms with Gasteiger partial charge in [0.15, 0.2) is 12.2 Å². The molecule has 0 heterocycles. The number of allylic oxidation sites excluding steroid dienone is 12. The van der Waals surface area contributed by atoms with Crippen molar-refractivity contribution < 1.29 is 80.2 Å². The zero-order chi connectivity index (χ0) is 70.4. The van der Waals surface area contributed by atoms with E-state index in [-0.39, 0.29) is 25.7 Å². The Labute approximate surface area is 583 Å². The normalized spacial score (nSPS) is 14.4. The average Bonchev–Trinajstić information content (AvgIpc) is 1.17. The van der Waals surface area contributed by atoms with E-state index in [0.29, 0.717) is 25.7 Å². The Kier molecular flexibility index (Phi) is 67.4. The maximum atomic E-state index is 13.1. The molecule has 5 atom stereocenters. The van der Waals surface area contributed by atoms with Crippen LogP contribution in [0.25, 0.3) is 0 Å². The van der Waals surface area contributed by atoms with E-state index in [4.69, 9.17) is 37.0 Å². The summed E-state index contributed by atoms with van der Waals surface area (Å²) in [5.41, 5.74) is 0. The van der Waals surface area contributed by atoms with Crippen molar-refractivity contribution in [3.63, 3.8) is 0 Å². The maximum Gasteiger partial charge on any atom is 0.472 e. The maximum absolute atomic E-state index is 13.1. The molecule has 17 nitrogen and oxygen atoms in total. The smallest absolute Gasteiger partial charge is 0.462 e. The van der Waals surface area contributed by atoms with Crippen molar-refractivity contribution in [2.24, 2.45) is 0 Å². The molecule has 5 unspecified atom stereocenters. The molecule has 0 saturated heterocycles. The van der Waals surface area contributed by atoms with E-state index in [9.17, 15) is 43.2 Å². The molecular formula is C77H138O17P2. The second-order valence-corrected chi connectivity index (χ2v) is 28.5. The molecule has 0 aromatic rings. The summed E-state index contributed by atoms with van der Waals surface area (Å²) in [6.07, 6.45) is 68.9. The van der Waals surface area contributed by atoms with Crippen LogP contribution < -0.4 is 0 Å². The molecule has 0 saturated carbocycles. The van der Waals surface area contributed by atoms with Crippen LogP contribution >= 0.6 is 15.6 Å². The van der Waals surface area contributed by atoms with E-state index >= 15 is 0 Å². The van der Waals surface area contributed by atoms with Gasteiger partial charge in [-0.3, -0.25) is 37.3 Å².